The van der Waals surface area contributed by atoms with Crippen molar-refractivity contribution in [3.05, 3.63) is 0 Å². The first-order valence-electron chi connectivity index (χ1n) is 8.32. The van der Waals surface area contributed by atoms with Crippen molar-refractivity contribution in [3.8, 4) is 0 Å². The molecule has 0 aromatic heterocycles. The number of hydrogen-bond donors (Lipinski definition) is 0. The van der Waals surface area contributed by atoms with Crippen LogP contribution in [-0.4, -0.2) is 17.4 Å². The van der Waals surface area contributed by atoms with Gasteiger partial charge in [0.05, 0.1) is 0 Å². The number of carbonyl (C=O) groups is 1. The zero-order chi connectivity index (χ0) is 13.4. The molecule has 110 valence electrons. The molecule has 0 unspecified atom stereocenters. The van der Waals surface area contributed by atoms with Crippen molar-refractivity contribution in [3.63, 3.8) is 0 Å². The Labute approximate surface area is 119 Å². The summed E-state index contributed by atoms with van der Waals surface area (Å²) in [5.74, 6) is 0.797. The highest BCUT2D eigenvalue weighted by atomic mass is 17.3. The predicted molar refractivity (Wildman–Crippen MR) is 69.2 cm³/mol. The lowest BCUT2D eigenvalue weighted by Gasteiger charge is -2.56. The summed E-state index contributed by atoms with van der Waals surface area (Å²) in [6.07, 6.45) is 9.32. The normalized spacial score (nSPS) is 52.3. The van der Waals surface area contributed by atoms with Gasteiger partial charge in [0.15, 0.2) is 0 Å². The van der Waals surface area contributed by atoms with Crippen LogP contribution in [0.1, 0.15) is 57.8 Å². The molecule has 0 aromatic rings. The summed E-state index contributed by atoms with van der Waals surface area (Å²) in [6, 6.07) is 0. The lowest BCUT2D eigenvalue weighted by Crippen LogP contribution is -2.61. The van der Waals surface area contributed by atoms with E-state index in [0.717, 1.165) is 38.5 Å². The second-order valence-corrected chi connectivity index (χ2v) is 7.59. The monoisotopic (exact) mass is 278 g/mol. The Hall–Kier alpha value is -0.450. The van der Waals surface area contributed by atoms with E-state index in [-0.39, 0.29) is 11.8 Å². The van der Waals surface area contributed by atoms with Gasteiger partial charge in [0.25, 0.3) is 0 Å². The minimum absolute atomic E-state index is 0.276. The highest BCUT2D eigenvalue weighted by molar-refractivity contribution is 5.85. The molecule has 5 aliphatic carbocycles. The Bertz CT molecular complexity index is 419. The van der Waals surface area contributed by atoms with Crippen molar-refractivity contribution < 1.29 is 19.3 Å². The summed E-state index contributed by atoms with van der Waals surface area (Å²) < 4.78 is 6.53. The van der Waals surface area contributed by atoms with Crippen LogP contribution in [0.3, 0.4) is 0 Å². The maximum absolute atomic E-state index is 12.2. The van der Waals surface area contributed by atoms with Crippen LogP contribution in [-0.2, 0) is 19.3 Å². The zero-order valence-electron chi connectivity index (χ0n) is 11.8. The molecule has 5 saturated carbocycles. The van der Waals surface area contributed by atoms with Gasteiger partial charge in [0.1, 0.15) is 5.78 Å². The SMILES string of the molecule is O=C1C2CC3CC1CC(C2)C31OOC2(CCCCC2)O1. The van der Waals surface area contributed by atoms with Crippen molar-refractivity contribution in [1.82, 2.24) is 0 Å². The fourth-order valence-electron chi connectivity index (χ4n) is 5.59. The highest BCUT2D eigenvalue weighted by Crippen LogP contribution is 2.62. The van der Waals surface area contributed by atoms with E-state index in [4.69, 9.17) is 14.5 Å². The van der Waals surface area contributed by atoms with Gasteiger partial charge in [0, 0.05) is 36.5 Å². The molecule has 2 spiro atoms. The first-order valence-corrected chi connectivity index (χ1v) is 8.32. The van der Waals surface area contributed by atoms with Crippen LogP contribution in [0.25, 0.3) is 0 Å². The van der Waals surface area contributed by atoms with E-state index in [1.807, 2.05) is 0 Å². The van der Waals surface area contributed by atoms with Crippen molar-refractivity contribution in [1.29, 1.82) is 0 Å². The topological polar surface area (TPSA) is 44.8 Å². The molecule has 1 heterocycles. The van der Waals surface area contributed by atoms with E-state index in [1.54, 1.807) is 0 Å². The number of ketones is 1. The lowest BCUT2D eigenvalue weighted by molar-refractivity contribution is -0.386. The Morgan fingerprint density at radius 2 is 1.45 bits per heavy atom. The first-order chi connectivity index (χ1) is 9.71. The van der Waals surface area contributed by atoms with E-state index < -0.39 is 11.6 Å². The molecule has 0 atom stereocenters. The Morgan fingerprint density at radius 1 is 0.850 bits per heavy atom. The third kappa shape index (κ3) is 1.40. The van der Waals surface area contributed by atoms with Gasteiger partial charge in [-0.3, -0.25) is 4.79 Å². The average molecular weight is 278 g/mol. The summed E-state index contributed by atoms with van der Waals surface area (Å²) in [5, 5.41) is 0. The molecule has 20 heavy (non-hydrogen) atoms. The predicted octanol–water partition coefficient (Wildman–Crippen LogP) is 2.96. The number of ether oxygens (including phenoxy) is 1. The van der Waals surface area contributed by atoms with Gasteiger partial charge < -0.3 is 4.74 Å². The molecule has 6 aliphatic rings. The molecule has 4 bridgehead atoms. The summed E-state index contributed by atoms with van der Waals surface area (Å²) in [7, 11) is 0. The van der Waals surface area contributed by atoms with Crippen LogP contribution in [0.15, 0.2) is 0 Å². The fourth-order valence-corrected chi connectivity index (χ4v) is 5.59. The average Bonchev–Trinajstić information content (AvgIpc) is 2.79. The molecule has 0 amide bonds. The molecule has 1 saturated heterocycles. The van der Waals surface area contributed by atoms with Crippen molar-refractivity contribution in [2.75, 3.05) is 0 Å². The van der Waals surface area contributed by atoms with Gasteiger partial charge >= 0.3 is 0 Å². The van der Waals surface area contributed by atoms with E-state index in [0.29, 0.717) is 17.6 Å². The largest absolute Gasteiger partial charge is 0.312 e. The molecule has 0 aromatic carbocycles. The van der Waals surface area contributed by atoms with Crippen LogP contribution < -0.4 is 0 Å². The van der Waals surface area contributed by atoms with Crippen LogP contribution in [0.4, 0.5) is 0 Å². The maximum Gasteiger partial charge on any atom is 0.210 e. The number of rotatable bonds is 0. The molecule has 6 rings (SSSR count). The van der Waals surface area contributed by atoms with Gasteiger partial charge in [-0.15, -0.1) is 0 Å². The van der Waals surface area contributed by atoms with Crippen molar-refractivity contribution >= 4 is 5.78 Å². The third-order valence-electron chi connectivity index (χ3n) is 6.50. The summed E-state index contributed by atoms with van der Waals surface area (Å²) >= 11 is 0. The van der Waals surface area contributed by atoms with Crippen LogP contribution in [0, 0.1) is 23.7 Å². The summed E-state index contributed by atoms with van der Waals surface area (Å²) in [6.45, 7) is 0. The first kappa shape index (κ1) is 12.1. The van der Waals surface area contributed by atoms with Crippen LogP contribution >= 0.6 is 0 Å². The van der Waals surface area contributed by atoms with Crippen LogP contribution in [0.2, 0.25) is 0 Å². The van der Waals surface area contributed by atoms with E-state index >= 15 is 0 Å². The van der Waals surface area contributed by atoms with Gasteiger partial charge in [-0.05, 0) is 38.5 Å². The maximum atomic E-state index is 12.2. The molecular formula is C16H22O4. The van der Waals surface area contributed by atoms with Crippen LogP contribution in [0.5, 0.6) is 0 Å². The quantitative estimate of drug-likeness (QED) is 0.639. The zero-order valence-corrected chi connectivity index (χ0v) is 11.8. The molecule has 6 fully saturated rings. The van der Waals surface area contributed by atoms with Crippen molar-refractivity contribution in [2.45, 2.75) is 69.4 Å². The number of Topliss-reactive ketones (excluding diaryl/α,β-unsaturated/α-hetero) is 1. The van der Waals surface area contributed by atoms with E-state index in [2.05, 4.69) is 0 Å². The van der Waals surface area contributed by atoms with E-state index in [9.17, 15) is 4.79 Å². The van der Waals surface area contributed by atoms with Gasteiger partial charge in [0.2, 0.25) is 11.6 Å². The van der Waals surface area contributed by atoms with E-state index in [1.165, 1.54) is 19.3 Å². The highest BCUT2D eigenvalue weighted by Gasteiger charge is 2.68. The Kier molecular flexibility index (Phi) is 2.33. The Morgan fingerprint density at radius 3 is 2.05 bits per heavy atom. The summed E-state index contributed by atoms with van der Waals surface area (Å²) in [5.41, 5.74) is 0. The molecule has 0 radical (unpaired) electrons. The number of hydrogen-bond acceptors (Lipinski definition) is 4. The smallest absolute Gasteiger partial charge is 0.210 e. The Balaban J connectivity index is 1.46. The van der Waals surface area contributed by atoms with Gasteiger partial charge in [-0.2, -0.15) is 9.78 Å². The minimum atomic E-state index is -0.523. The fraction of sp³-hybridized carbons (Fsp3) is 0.938. The van der Waals surface area contributed by atoms with Crippen molar-refractivity contribution in [2.24, 2.45) is 23.7 Å². The molecular weight excluding hydrogens is 256 g/mol. The second kappa shape index (κ2) is 3.84. The lowest BCUT2D eigenvalue weighted by atomic mass is 9.53. The second-order valence-electron chi connectivity index (χ2n) is 7.59. The number of carbonyl (C=O) groups excluding carboxylic acids is 1. The molecule has 1 aliphatic heterocycles. The van der Waals surface area contributed by atoms with Gasteiger partial charge in [-0.25, -0.2) is 0 Å². The third-order valence-corrected chi connectivity index (χ3v) is 6.50. The standard InChI is InChI=1S/C16H22O4/c17-14-10-6-12-8-11(14)9-13(7-10)16(12)18-15(19-20-16)4-2-1-3-5-15/h10-13H,1-9H2. The molecule has 0 N–H and O–H groups in total. The minimum Gasteiger partial charge on any atom is -0.312 e. The summed E-state index contributed by atoms with van der Waals surface area (Å²) in [4.78, 5) is 23.9. The molecule has 4 nitrogen and oxygen atoms in total. The molecule has 4 heteroatoms. The van der Waals surface area contributed by atoms with Gasteiger partial charge in [-0.1, -0.05) is 6.42 Å².